The zero-order valence-corrected chi connectivity index (χ0v) is 9.30. The van der Waals surface area contributed by atoms with Gasteiger partial charge in [0.2, 0.25) is 5.91 Å². The minimum absolute atomic E-state index is 0.0731. The Morgan fingerprint density at radius 1 is 1.69 bits per heavy atom. The minimum Gasteiger partial charge on any atom is -0.383 e. The van der Waals surface area contributed by atoms with E-state index in [1.807, 2.05) is 10.8 Å². The van der Waals surface area contributed by atoms with E-state index in [0.717, 1.165) is 12.4 Å². The van der Waals surface area contributed by atoms with E-state index in [9.17, 15) is 4.79 Å². The van der Waals surface area contributed by atoms with Gasteiger partial charge in [0, 0.05) is 32.6 Å². The normalized spacial score (nSPS) is 17.0. The zero-order chi connectivity index (χ0) is 11.5. The molecule has 1 unspecified atom stereocenters. The van der Waals surface area contributed by atoms with Crippen LogP contribution in [0.15, 0.2) is 12.4 Å². The first-order valence-electron chi connectivity index (χ1n) is 5.25. The van der Waals surface area contributed by atoms with E-state index >= 15 is 0 Å². The van der Waals surface area contributed by atoms with Crippen LogP contribution < -0.4 is 5.73 Å². The molecule has 2 rings (SSSR count). The van der Waals surface area contributed by atoms with Gasteiger partial charge >= 0.3 is 0 Å². The lowest BCUT2D eigenvalue weighted by Crippen LogP contribution is -2.48. The summed E-state index contributed by atoms with van der Waals surface area (Å²) in [5, 5.41) is 0. The molecule has 2 heterocycles. The van der Waals surface area contributed by atoms with E-state index in [4.69, 9.17) is 10.5 Å². The number of hydrogen-bond donors (Lipinski definition) is 1. The standard InChI is InChI=1S/C10H16N4O2/c1-16-7-8(11)10(15)14-5-4-13-3-2-12-9(13)6-14/h2-3,8H,4-7,11H2,1H3. The summed E-state index contributed by atoms with van der Waals surface area (Å²) in [7, 11) is 1.54. The summed E-state index contributed by atoms with van der Waals surface area (Å²) < 4.78 is 6.92. The molecule has 0 aromatic carbocycles. The van der Waals surface area contributed by atoms with Crippen molar-refractivity contribution in [3.05, 3.63) is 18.2 Å². The number of imidazole rings is 1. The number of aromatic nitrogens is 2. The lowest BCUT2D eigenvalue weighted by atomic mass is 10.2. The fraction of sp³-hybridized carbons (Fsp3) is 0.600. The summed E-state index contributed by atoms with van der Waals surface area (Å²) in [5.41, 5.74) is 5.71. The molecule has 1 aliphatic rings. The fourth-order valence-electron chi connectivity index (χ4n) is 1.85. The van der Waals surface area contributed by atoms with E-state index in [-0.39, 0.29) is 12.5 Å². The minimum atomic E-state index is -0.577. The summed E-state index contributed by atoms with van der Waals surface area (Å²) in [5.74, 6) is 0.834. The maximum atomic E-state index is 11.9. The number of ether oxygens (including phenoxy) is 1. The van der Waals surface area contributed by atoms with Crippen LogP contribution in [0.25, 0.3) is 0 Å². The molecule has 16 heavy (non-hydrogen) atoms. The monoisotopic (exact) mass is 224 g/mol. The summed E-state index contributed by atoms with van der Waals surface area (Å²) in [4.78, 5) is 17.8. The Hall–Kier alpha value is -1.40. The van der Waals surface area contributed by atoms with Crippen molar-refractivity contribution in [2.24, 2.45) is 5.73 Å². The Balaban J connectivity index is 2.00. The Kier molecular flexibility index (Phi) is 3.21. The molecule has 0 aliphatic carbocycles. The molecule has 6 heteroatoms. The number of nitrogens with two attached hydrogens (primary N) is 1. The molecular formula is C10H16N4O2. The van der Waals surface area contributed by atoms with Gasteiger partial charge in [-0.2, -0.15) is 0 Å². The second kappa shape index (κ2) is 4.63. The SMILES string of the molecule is COCC(N)C(=O)N1CCn2ccnc2C1. The number of nitrogens with zero attached hydrogens (tertiary/aromatic N) is 3. The number of rotatable bonds is 3. The van der Waals surface area contributed by atoms with Gasteiger partial charge in [0.15, 0.2) is 0 Å². The van der Waals surface area contributed by atoms with Crippen molar-refractivity contribution in [1.82, 2.24) is 14.5 Å². The van der Waals surface area contributed by atoms with Crippen molar-refractivity contribution in [2.45, 2.75) is 19.1 Å². The third-order valence-electron chi connectivity index (χ3n) is 2.72. The summed E-state index contributed by atoms with van der Waals surface area (Å²) >= 11 is 0. The number of carbonyl (C=O) groups is 1. The predicted molar refractivity (Wildman–Crippen MR) is 57.5 cm³/mol. The molecule has 1 aliphatic heterocycles. The van der Waals surface area contributed by atoms with Crippen molar-refractivity contribution in [2.75, 3.05) is 20.3 Å². The molecule has 1 amide bonds. The molecule has 2 N–H and O–H groups in total. The first-order chi connectivity index (χ1) is 7.72. The molecule has 0 spiro atoms. The fourth-order valence-corrected chi connectivity index (χ4v) is 1.85. The van der Waals surface area contributed by atoms with Gasteiger partial charge in [0.1, 0.15) is 11.9 Å². The highest BCUT2D eigenvalue weighted by Gasteiger charge is 2.25. The lowest BCUT2D eigenvalue weighted by Gasteiger charge is -2.29. The van der Waals surface area contributed by atoms with E-state index in [1.165, 1.54) is 7.11 Å². The van der Waals surface area contributed by atoms with Gasteiger partial charge in [-0.1, -0.05) is 0 Å². The number of methoxy groups -OCH3 is 1. The van der Waals surface area contributed by atoms with E-state index < -0.39 is 6.04 Å². The Morgan fingerprint density at radius 2 is 2.50 bits per heavy atom. The Labute approximate surface area is 94.0 Å². The Morgan fingerprint density at radius 3 is 3.25 bits per heavy atom. The highest BCUT2D eigenvalue weighted by atomic mass is 16.5. The second-order valence-corrected chi connectivity index (χ2v) is 3.86. The molecule has 1 aromatic rings. The topological polar surface area (TPSA) is 73.4 Å². The molecule has 0 saturated carbocycles. The van der Waals surface area contributed by atoms with Crippen molar-refractivity contribution in [1.29, 1.82) is 0 Å². The largest absolute Gasteiger partial charge is 0.383 e. The predicted octanol–water partition coefficient (Wildman–Crippen LogP) is -0.801. The zero-order valence-electron chi connectivity index (χ0n) is 9.30. The van der Waals surface area contributed by atoms with Crippen LogP contribution in [0.2, 0.25) is 0 Å². The van der Waals surface area contributed by atoms with Crippen molar-refractivity contribution in [3.8, 4) is 0 Å². The maximum absolute atomic E-state index is 11.9. The van der Waals surface area contributed by atoms with Gasteiger partial charge in [-0.15, -0.1) is 0 Å². The number of hydrogen-bond acceptors (Lipinski definition) is 4. The van der Waals surface area contributed by atoms with Crippen molar-refractivity contribution in [3.63, 3.8) is 0 Å². The highest BCUT2D eigenvalue weighted by molar-refractivity contribution is 5.81. The van der Waals surface area contributed by atoms with Gasteiger partial charge in [0.05, 0.1) is 13.2 Å². The average Bonchev–Trinajstić information content (AvgIpc) is 2.75. The van der Waals surface area contributed by atoms with E-state index in [1.54, 1.807) is 11.1 Å². The van der Waals surface area contributed by atoms with Crippen LogP contribution in [0.1, 0.15) is 5.82 Å². The third-order valence-corrected chi connectivity index (χ3v) is 2.72. The van der Waals surface area contributed by atoms with Gasteiger partial charge in [0.25, 0.3) is 0 Å². The van der Waals surface area contributed by atoms with Crippen molar-refractivity contribution >= 4 is 5.91 Å². The van der Waals surface area contributed by atoms with Crippen LogP contribution in [0, 0.1) is 0 Å². The molecular weight excluding hydrogens is 208 g/mol. The number of fused-ring (bicyclic) bond motifs is 1. The first-order valence-corrected chi connectivity index (χ1v) is 5.25. The molecule has 0 saturated heterocycles. The van der Waals surface area contributed by atoms with E-state index in [0.29, 0.717) is 13.1 Å². The highest BCUT2D eigenvalue weighted by Crippen LogP contribution is 2.10. The van der Waals surface area contributed by atoms with Gasteiger partial charge in [-0.05, 0) is 0 Å². The van der Waals surface area contributed by atoms with Gasteiger partial charge in [-0.25, -0.2) is 4.98 Å². The number of carbonyl (C=O) groups excluding carboxylic acids is 1. The van der Waals surface area contributed by atoms with Gasteiger partial charge < -0.3 is 19.9 Å². The molecule has 1 atom stereocenters. The summed E-state index contributed by atoms with van der Waals surface area (Å²) in [6, 6.07) is -0.577. The van der Waals surface area contributed by atoms with E-state index in [2.05, 4.69) is 4.98 Å². The summed E-state index contributed by atoms with van der Waals surface area (Å²) in [6.45, 7) is 2.24. The first kappa shape index (κ1) is 11.1. The van der Waals surface area contributed by atoms with Crippen LogP contribution in [0.4, 0.5) is 0 Å². The van der Waals surface area contributed by atoms with Crippen LogP contribution in [0.5, 0.6) is 0 Å². The Bertz CT molecular complexity index is 377. The van der Waals surface area contributed by atoms with Crippen LogP contribution in [-0.2, 0) is 22.6 Å². The molecule has 0 fully saturated rings. The quantitative estimate of drug-likeness (QED) is 0.729. The van der Waals surface area contributed by atoms with Crippen LogP contribution >= 0.6 is 0 Å². The lowest BCUT2D eigenvalue weighted by molar-refractivity contribution is -0.135. The second-order valence-electron chi connectivity index (χ2n) is 3.86. The van der Waals surface area contributed by atoms with Gasteiger partial charge in [-0.3, -0.25) is 4.79 Å². The smallest absolute Gasteiger partial charge is 0.242 e. The van der Waals surface area contributed by atoms with Crippen molar-refractivity contribution < 1.29 is 9.53 Å². The van der Waals surface area contributed by atoms with Crippen LogP contribution in [-0.4, -0.2) is 46.7 Å². The van der Waals surface area contributed by atoms with Crippen LogP contribution in [0.3, 0.4) is 0 Å². The number of amides is 1. The molecule has 1 aromatic heterocycles. The molecule has 88 valence electrons. The molecule has 6 nitrogen and oxygen atoms in total. The third kappa shape index (κ3) is 2.07. The maximum Gasteiger partial charge on any atom is 0.242 e. The summed E-state index contributed by atoms with van der Waals surface area (Å²) in [6.07, 6.45) is 3.67. The molecule has 0 bridgehead atoms. The average molecular weight is 224 g/mol. The molecule has 0 radical (unpaired) electrons.